The highest BCUT2D eigenvalue weighted by Gasteiger charge is 1.91. The van der Waals surface area contributed by atoms with Crippen molar-refractivity contribution in [2.24, 2.45) is 5.73 Å². The summed E-state index contributed by atoms with van der Waals surface area (Å²) >= 11 is 1.65. The van der Waals surface area contributed by atoms with E-state index in [1.54, 1.807) is 11.3 Å². The predicted octanol–water partition coefficient (Wildman–Crippen LogP) is 2.33. The molecule has 0 aromatic carbocycles. The minimum absolute atomic E-state index is 0.568. The van der Waals surface area contributed by atoms with Gasteiger partial charge in [0.25, 0.3) is 0 Å². The molecule has 0 radical (unpaired) electrons. The molecule has 1 heterocycles. The van der Waals surface area contributed by atoms with Crippen LogP contribution in [0.15, 0.2) is 6.20 Å². The number of rotatable bonds is 1. The van der Waals surface area contributed by atoms with Crippen LogP contribution in [0.2, 0.25) is 0 Å². The molecule has 0 aliphatic heterocycles. The van der Waals surface area contributed by atoms with Gasteiger partial charge in [-0.1, -0.05) is 20.3 Å². The van der Waals surface area contributed by atoms with E-state index in [1.165, 1.54) is 11.3 Å². The molecule has 0 saturated heterocycles. The van der Waals surface area contributed by atoms with Gasteiger partial charge in [-0.2, -0.15) is 0 Å². The minimum atomic E-state index is 0.568. The van der Waals surface area contributed by atoms with Crippen molar-refractivity contribution in [3.63, 3.8) is 0 Å². The molecule has 0 fully saturated rings. The molecule has 0 atom stereocenters. The number of hydrogen-bond acceptors (Lipinski definition) is 3. The zero-order chi connectivity index (χ0) is 8.69. The summed E-state index contributed by atoms with van der Waals surface area (Å²) in [5.41, 5.74) is 5.31. The number of aromatic nitrogens is 1. The maximum absolute atomic E-state index is 5.31. The van der Waals surface area contributed by atoms with Gasteiger partial charge in [-0.05, 0) is 6.92 Å². The third-order valence-electron chi connectivity index (χ3n) is 0.844. The molecule has 64 valence electrons. The Hall–Kier alpha value is -0.410. The molecule has 0 spiro atoms. The molecule has 2 N–H and O–H groups in total. The van der Waals surface area contributed by atoms with Crippen LogP contribution in [-0.4, -0.2) is 4.98 Å². The fraction of sp³-hybridized carbons (Fsp3) is 0.625. The molecule has 0 unspecified atom stereocenters. The Labute approximate surface area is 72.5 Å². The average molecular weight is 172 g/mol. The Kier molecular flexibility index (Phi) is 6.07. The predicted molar refractivity (Wildman–Crippen MR) is 50.7 cm³/mol. The molecule has 0 aliphatic rings. The number of nitrogens with zero attached hydrogens (tertiary/aromatic N) is 1. The van der Waals surface area contributed by atoms with Gasteiger partial charge >= 0.3 is 0 Å². The zero-order valence-corrected chi connectivity index (χ0v) is 8.24. The van der Waals surface area contributed by atoms with Gasteiger partial charge in [0.1, 0.15) is 5.01 Å². The zero-order valence-electron chi connectivity index (χ0n) is 7.42. The Morgan fingerprint density at radius 1 is 1.55 bits per heavy atom. The summed E-state index contributed by atoms with van der Waals surface area (Å²) in [6.45, 7) is 6.84. The second-order valence-corrected chi connectivity index (χ2v) is 3.60. The lowest BCUT2D eigenvalue weighted by atomic mass is 10.6. The van der Waals surface area contributed by atoms with E-state index in [0.29, 0.717) is 6.54 Å². The first-order chi connectivity index (χ1) is 5.24. The summed E-state index contributed by atoms with van der Waals surface area (Å²) in [7, 11) is 0. The third kappa shape index (κ3) is 4.93. The van der Waals surface area contributed by atoms with Crippen molar-refractivity contribution in [3.05, 3.63) is 16.1 Å². The molecule has 0 bridgehead atoms. The highest BCUT2D eigenvalue weighted by molar-refractivity contribution is 7.11. The van der Waals surface area contributed by atoms with Gasteiger partial charge in [-0.25, -0.2) is 4.98 Å². The van der Waals surface area contributed by atoms with E-state index >= 15 is 0 Å². The highest BCUT2D eigenvalue weighted by atomic mass is 32.1. The van der Waals surface area contributed by atoms with Crippen molar-refractivity contribution in [1.82, 2.24) is 4.98 Å². The third-order valence-corrected chi connectivity index (χ3v) is 1.78. The van der Waals surface area contributed by atoms with E-state index in [4.69, 9.17) is 5.73 Å². The number of hydrogen-bond donors (Lipinski definition) is 1. The lowest BCUT2D eigenvalue weighted by Gasteiger charge is -1.79. The van der Waals surface area contributed by atoms with Crippen LogP contribution in [0.3, 0.4) is 0 Å². The molecular formula is C8H16N2S. The summed E-state index contributed by atoms with van der Waals surface area (Å²) in [4.78, 5) is 5.26. The van der Waals surface area contributed by atoms with Crippen LogP contribution in [0.1, 0.15) is 30.2 Å². The Bertz CT molecular complexity index is 184. The summed E-state index contributed by atoms with van der Waals surface area (Å²) in [6.07, 6.45) is 3.09. The van der Waals surface area contributed by atoms with Crippen molar-refractivity contribution in [1.29, 1.82) is 0 Å². The highest BCUT2D eigenvalue weighted by Crippen LogP contribution is 2.08. The van der Waals surface area contributed by atoms with Crippen LogP contribution >= 0.6 is 11.3 Å². The van der Waals surface area contributed by atoms with E-state index in [0.717, 1.165) is 5.01 Å². The molecule has 3 heteroatoms. The first-order valence-corrected chi connectivity index (χ1v) is 4.67. The Balaban J connectivity index is 0.000000292. The number of nitrogens with two attached hydrogens (primary N) is 1. The number of aryl methyl sites for hydroxylation is 1. The van der Waals surface area contributed by atoms with E-state index in [9.17, 15) is 0 Å². The maximum Gasteiger partial charge on any atom is 0.106 e. The van der Waals surface area contributed by atoms with Gasteiger partial charge in [-0.3, -0.25) is 0 Å². The molecule has 1 rings (SSSR count). The SMILES string of the molecule is CCC.Cc1cnc(CN)s1. The standard InChI is InChI=1S/C5H8N2S.C3H8/c1-4-3-7-5(2-6)8-4;1-3-2/h3H,2,6H2,1H3;3H2,1-2H3. The van der Waals surface area contributed by atoms with Crippen LogP contribution in [0.5, 0.6) is 0 Å². The second-order valence-electron chi connectivity index (χ2n) is 2.28. The van der Waals surface area contributed by atoms with E-state index in [2.05, 4.69) is 18.8 Å². The fourth-order valence-corrected chi connectivity index (χ4v) is 1.16. The minimum Gasteiger partial charge on any atom is -0.325 e. The fourth-order valence-electron chi connectivity index (χ4n) is 0.496. The van der Waals surface area contributed by atoms with Gasteiger partial charge in [0.2, 0.25) is 0 Å². The molecule has 0 saturated carbocycles. The van der Waals surface area contributed by atoms with Crippen molar-refractivity contribution >= 4 is 11.3 Å². The molecule has 0 aliphatic carbocycles. The summed E-state index contributed by atoms with van der Waals surface area (Å²) in [6, 6.07) is 0. The molecule has 11 heavy (non-hydrogen) atoms. The van der Waals surface area contributed by atoms with Crippen LogP contribution in [0.25, 0.3) is 0 Å². The summed E-state index contributed by atoms with van der Waals surface area (Å²) in [5, 5.41) is 1.02. The topological polar surface area (TPSA) is 38.9 Å². The van der Waals surface area contributed by atoms with Crippen molar-refractivity contribution in [3.8, 4) is 0 Å². The van der Waals surface area contributed by atoms with Crippen LogP contribution < -0.4 is 5.73 Å². The number of thiazole rings is 1. The first-order valence-electron chi connectivity index (χ1n) is 3.85. The van der Waals surface area contributed by atoms with Crippen molar-refractivity contribution < 1.29 is 0 Å². The van der Waals surface area contributed by atoms with Gasteiger partial charge < -0.3 is 5.73 Å². The summed E-state index contributed by atoms with van der Waals surface area (Å²) < 4.78 is 0. The molecule has 0 amide bonds. The monoisotopic (exact) mass is 172 g/mol. The largest absolute Gasteiger partial charge is 0.325 e. The van der Waals surface area contributed by atoms with E-state index < -0.39 is 0 Å². The molecule has 1 aromatic heterocycles. The van der Waals surface area contributed by atoms with Crippen molar-refractivity contribution in [2.75, 3.05) is 0 Å². The van der Waals surface area contributed by atoms with Crippen molar-refractivity contribution in [2.45, 2.75) is 33.7 Å². The van der Waals surface area contributed by atoms with Gasteiger partial charge in [0, 0.05) is 17.6 Å². The van der Waals surface area contributed by atoms with E-state index in [-0.39, 0.29) is 0 Å². The van der Waals surface area contributed by atoms with Gasteiger partial charge in [0.15, 0.2) is 0 Å². The molecule has 2 nitrogen and oxygen atoms in total. The normalized spacial score (nSPS) is 8.73. The summed E-state index contributed by atoms with van der Waals surface area (Å²) in [5.74, 6) is 0. The Morgan fingerprint density at radius 3 is 2.27 bits per heavy atom. The molecule has 1 aromatic rings. The van der Waals surface area contributed by atoms with Gasteiger partial charge in [-0.15, -0.1) is 11.3 Å². The van der Waals surface area contributed by atoms with Gasteiger partial charge in [0.05, 0.1) is 0 Å². The maximum atomic E-state index is 5.31. The lowest BCUT2D eigenvalue weighted by molar-refractivity contribution is 1.04. The van der Waals surface area contributed by atoms with Crippen LogP contribution in [0.4, 0.5) is 0 Å². The van der Waals surface area contributed by atoms with Crippen LogP contribution in [0, 0.1) is 6.92 Å². The average Bonchev–Trinajstić information content (AvgIpc) is 2.37. The Morgan fingerprint density at radius 2 is 2.09 bits per heavy atom. The second kappa shape index (κ2) is 6.31. The lowest BCUT2D eigenvalue weighted by Crippen LogP contribution is -1.93. The van der Waals surface area contributed by atoms with Crippen LogP contribution in [-0.2, 0) is 6.54 Å². The quantitative estimate of drug-likeness (QED) is 0.706. The first kappa shape index (κ1) is 10.6. The molecular weight excluding hydrogens is 156 g/mol. The smallest absolute Gasteiger partial charge is 0.106 e. The van der Waals surface area contributed by atoms with E-state index in [1.807, 2.05) is 13.1 Å².